The Kier molecular flexibility index (Phi) is 6.56. The molecule has 0 bridgehead atoms. The predicted octanol–water partition coefficient (Wildman–Crippen LogP) is 4.38. The van der Waals surface area contributed by atoms with Crippen molar-refractivity contribution >= 4 is 11.9 Å². The zero-order chi connectivity index (χ0) is 21.6. The highest BCUT2D eigenvalue weighted by Crippen LogP contribution is 2.32. The molecule has 0 unspecified atom stereocenters. The fourth-order valence-electron chi connectivity index (χ4n) is 2.85. The molecule has 0 aliphatic rings. The van der Waals surface area contributed by atoms with Gasteiger partial charge in [-0.15, -0.1) is 0 Å². The zero-order valence-electron chi connectivity index (χ0n) is 15.7. The first-order chi connectivity index (χ1) is 14.3. The third kappa shape index (κ3) is 5.50. The van der Waals surface area contributed by atoms with Gasteiger partial charge >= 0.3 is 12.1 Å². The van der Waals surface area contributed by atoms with Crippen molar-refractivity contribution in [1.29, 1.82) is 0 Å². The summed E-state index contributed by atoms with van der Waals surface area (Å²) in [4.78, 5) is 24.9. The van der Waals surface area contributed by atoms with Crippen LogP contribution in [0.2, 0.25) is 0 Å². The number of furan rings is 1. The molecule has 1 N–H and O–H groups in total. The van der Waals surface area contributed by atoms with Crippen LogP contribution in [0.3, 0.4) is 0 Å². The Morgan fingerprint density at radius 3 is 2.33 bits per heavy atom. The third-order valence-electron chi connectivity index (χ3n) is 4.31. The van der Waals surface area contributed by atoms with Crippen molar-refractivity contribution in [3.8, 4) is 0 Å². The average molecular weight is 417 g/mol. The molecule has 1 aromatic heterocycles. The van der Waals surface area contributed by atoms with E-state index in [2.05, 4.69) is 5.32 Å². The van der Waals surface area contributed by atoms with Crippen molar-refractivity contribution in [2.24, 2.45) is 0 Å². The highest BCUT2D eigenvalue weighted by atomic mass is 19.4. The molecular weight excluding hydrogens is 399 g/mol. The molecular formula is C22H18F3NO4. The highest BCUT2D eigenvalue weighted by Gasteiger charge is 2.33. The van der Waals surface area contributed by atoms with E-state index in [0.29, 0.717) is 0 Å². The number of rotatable bonds is 7. The van der Waals surface area contributed by atoms with Crippen LogP contribution in [0.4, 0.5) is 13.2 Å². The maximum absolute atomic E-state index is 13.1. The quantitative estimate of drug-likeness (QED) is 0.580. The number of ether oxygens (including phenoxy) is 1. The number of carbonyl (C=O) groups excluding carboxylic acids is 2. The summed E-state index contributed by atoms with van der Waals surface area (Å²) in [5.41, 5.74) is -0.305. The molecule has 0 aliphatic heterocycles. The second-order valence-corrected chi connectivity index (χ2v) is 6.46. The molecule has 1 amide bonds. The van der Waals surface area contributed by atoms with E-state index in [-0.39, 0.29) is 17.7 Å². The van der Waals surface area contributed by atoms with Gasteiger partial charge in [0.25, 0.3) is 5.91 Å². The molecule has 0 fully saturated rings. The summed E-state index contributed by atoms with van der Waals surface area (Å²) in [7, 11) is 0. The molecule has 0 saturated heterocycles. The molecule has 1 atom stereocenters. The Balaban J connectivity index is 1.74. The van der Waals surface area contributed by atoms with Gasteiger partial charge in [0, 0.05) is 12.0 Å². The highest BCUT2D eigenvalue weighted by molar-refractivity contribution is 5.94. The lowest BCUT2D eigenvalue weighted by atomic mass is 10.1. The number of esters is 1. The minimum atomic E-state index is -4.57. The lowest BCUT2D eigenvalue weighted by Gasteiger charge is -2.18. The Hall–Kier alpha value is -3.55. The minimum absolute atomic E-state index is 0.00304. The lowest BCUT2D eigenvalue weighted by Crippen LogP contribution is -2.43. The summed E-state index contributed by atoms with van der Waals surface area (Å²) in [5, 5.41) is 2.52. The largest absolute Gasteiger partial charge is 0.459 e. The first-order valence-electron chi connectivity index (χ1n) is 9.04. The number of halogens is 3. The maximum Gasteiger partial charge on any atom is 0.416 e. The van der Waals surface area contributed by atoms with E-state index < -0.39 is 36.3 Å². The van der Waals surface area contributed by atoms with E-state index in [1.54, 1.807) is 30.3 Å². The molecule has 2 aromatic carbocycles. The standard InChI is InChI=1S/C22H18F3NO4/c23-22(24,25)17-10-5-4-9-16(17)14-30-21(28)18(13-15-7-2-1-3-8-15)26-20(27)19-11-6-12-29-19/h1-12,18H,13-14H2,(H,26,27)/t18-/m0/s1. The Morgan fingerprint density at radius 2 is 1.67 bits per heavy atom. The summed E-state index contributed by atoms with van der Waals surface area (Å²) >= 11 is 0. The van der Waals surface area contributed by atoms with Crippen LogP contribution in [0.5, 0.6) is 0 Å². The second-order valence-electron chi connectivity index (χ2n) is 6.46. The molecule has 3 aromatic rings. The van der Waals surface area contributed by atoms with Gasteiger partial charge in [0.2, 0.25) is 0 Å². The fourth-order valence-corrected chi connectivity index (χ4v) is 2.85. The van der Waals surface area contributed by atoms with Crippen LogP contribution < -0.4 is 5.32 Å². The summed E-state index contributed by atoms with van der Waals surface area (Å²) < 4.78 is 49.6. The molecule has 8 heteroatoms. The van der Waals surface area contributed by atoms with E-state index in [1.807, 2.05) is 0 Å². The van der Waals surface area contributed by atoms with E-state index in [0.717, 1.165) is 11.6 Å². The average Bonchev–Trinajstić information content (AvgIpc) is 3.27. The van der Waals surface area contributed by atoms with Gasteiger partial charge in [-0.2, -0.15) is 13.2 Å². The third-order valence-corrected chi connectivity index (χ3v) is 4.31. The van der Waals surface area contributed by atoms with Crippen LogP contribution in [0, 0.1) is 0 Å². The van der Waals surface area contributed by atoms with Gasteiger partial charge in [0.15, 0.2) is 5.76 Å². The van der Waals surface area contributed by atoms with Gasteiger partial charge < -0.3 is 14.5 Å². The fraction of sp³-hybridized carbons (Fsp3) is 0.182. The summed E-state index contributed by atoms with van der Waals surface area (Å²) in [6.45, 7) is -0.573. The number of nitrogens with one attached hydrogen (secondary N) is 1. The van der Waals surface area contributed by atoms with Gasteiger partial charge in [-0.05, 0) is 23.8 Å². The van der Waals surface area contributed by atoms with Crippen molar-refractivity contribution in [1.82, 2.24) is 5.32 Å². The second kappa shape index (κ2) is 9.30. The van der Waals surface area contributed by atoms with Crippen LogP contribution in [0.25, 0.3) is 0 Å². The normalized spacial score (nSPS) is 12.2. The first kappa shape index (κ1) is 21.2. The van der Waals surface area contributed by atoms with E-state index in [9.17, 15) is 22.8 Å². The molecule has 0 aliphatic carbocycles. The predicted molar refractivity (Wildman–Crippen MR) is 101 cm³/mol. The summed E-state index contributed by atoms with van der Waals surface area (Å²) in [6, 6.07) is 15.6. The SMILES string of the molecule is O=C(N[C@@H](Cc1ccccc1)C(=O)OCc1ccccc1C(F)(F)F)c1ccco1. The Bertz CT molecular complexity index is 985. The maximum atomic E-state index is 13.1. The molecule has 0 saturated carbocycles. The van der Waals surface area contributed by atoms with Crippen molar-refractivity contribution < 1.29 is 31.9 Å². The number of hydrogen-bond acceptors (Lipinski definition) is 4. The van der Waals surface area contributed by atoms with Crippen molar-refractivity contribution in [3.05, 3.63) is 95.4 Å². The van der Waals surface area contributed by atoms with Crippen LogP contribution in [-0.4, -0.2) is 17.9 Å². The topological polar surface area (TPSA) is 68.5 Å². The van der Waals surface area contributed by atoms with Gasteiger partial charge in [-0.1, -0.05) is 48.5 Å². The van der Waals surface area contributed by atoms with Crippen molar-refractivity contribution in [3.63, 3.8) is 0 Å². The van der Waals surface area contributed by atoms with E-state index >= 15 is 0 Å². The van der Waals surface area contributed by atoms with Crippen molar-refractivity contribution in [2.45, 2.75) is 25.2 Å². The number of hydrogen-bond donors (Lipinski definition) is 1. The van der Waals surface area contributed by atoms with Gasteiger partial charge in [-0.25, -0.2) is 4.79 Å². The number of alkyl halides is 3. The molecule has 3 rings (SSSR count). The Morgan fingerprint density at radius 1 is 0.967 bits per heavy atom. The van der Waals surface area contributed by atoms with E-state index in [1.165, 1.54) is 36.6 Å². The van der Waals surface area contributed by atoms with Gasteiger partial charge in [0.05, 0.1) is 11.8 Å². The van der Waals surface area contributed by atoms with Crippen LogP contribution in [0.15, 0.2) is 77.4 Å². The molecule has 0 spiro atoms. The van der Waals surface area contributed by atoms with Crippen molar-refractivity contribution in [2.75, 3.05) is 0 Å². The monoisotopic (exact) mass is 417 g/mol. The van der Waals surface area contributed by atoms with E-state index in [4.69, 9.17) is 9.15 Å². The first-order valence-corrected chi connectivity index (χ1v) is 9.04. The molecule has 5 nitrogen and oxygen atoms in total. The number of carbonyl (C=O) groups is 2. The molecule has 156 valence electrons. The van der Waals surface area contributed by atoms with Crippen LogP contribution >= 0.6 is 0 Å². The summed E-state index contributed by atoms with van der Waals surface area (Å²) in [5.74, 6) is -1.48. The smallest absolute Gasteiger partial charge is 0.416 e. The van der Waals surface area contributed by atoms with Gasteiger partial charge in [-0.3, -0.25) is 4.79 Å². The lowest BCUT2D eigenvalue weighted by molar-refractivity contribution is -0.149. The van der Waals surface area contributed by atoms with Crippen LogP contribution in [-0.2, 0) is 28.7 Å². The molecule has 0 radical (unpaired) electrons. The zero-order valence-corrected chi connectivity index (χ0v) is 15.7. The molecule has 30 heavy (non-hydrogen) atoms. The number of amides is 1. The van der Waals surface area contributed by atoms with Gasteiger partial charge in [0.1, 0.15) is 12.6 Å². The molecule has 1 heterocycles. The number of benzene rings is 2. The minimum Gasteiger partial charge on any atom is -0.459 e. The summed E-state index contributed by atoms with van der Waals surface area (Å²) in [6.07, 6.45) is -3.15. The Labute approximate surface area is 170 Å². The van der Waals surface area contributed by atoms with Crippen LogP contribution in [0.1, 0.15) is 27.2 Å².